The van der Waals surface area contributed by atoms with E-state index in [4.69, 9.17) is 9.72 Å². The zero-order valence-electron chi connectivity index (χ0n) is 19.4. The lowest BCUT2D eigenvalue weighted by atomic mass is 9.98. The van der Waals surface area contributed by atoms with Gasteiger partial charge in [-0.05, 0) is 37.0 Å². The standard InChI is InChI=1S/C25H30N6O3/c1-29(16-18-3-2-10-31(17-18)25(32)33)24-23-22(26-8-9-27-23)15-21(28-24)19-4-6-20(7-5-19)30-11-13-34-14-12-30/h4-9,15,18H,2-3,10-14,16-17H2,1H3,(H,32,33). The molecule has 1 N–H and O–H groups in total. The van der Waals surface area contributed by atoms with Gasteiger partial charge in [0.25, 0.3) is 0 Å². The van der Waals surface area contributed by atoms with Crippen LogP contribution in [-0.4, -0.2) is 84.0 Å². The minimum Gasteiger partial charge on any atom is -0.465 e. The molecule has 4 heterocycles. The molecule has 2 fully saturated rings. The van der Waals surface area contributed by atoms with Crippen LogP contribution >= 0.6 is 0 Å². The summed E-state index contributed by atoms with van der Waals surface area (Å²) >= 11 is 0. The van der Waals surface area contributed by atoms with Crippen LogP contribution in [0, 0.1) is 5.92 Å². The summed E-state index contributed by atoms with van der Waals surface area (Å²) in [5, 5.41) is 9.39. The van der Waals surface area contributed by atoms with Crippen molar-refractivity contribution in [2.75, 3.05) is 62.8 Å². The maximum atomic E-state index is 11.4. The first-order chi connectivity index (χ1) is 16.6. The molecule has 9 nitrogen and oxygen atoms in total. The molecular formula is C25H30N6O3. The van der Waals surface area contributed by atoms with Gasteiger partial charge in [-0.15, -0.1) is 0 Å². The molecule has 0 spiro atoms. The van der Waals surface area contributed by atoms with Crippen molar-refractivity contribution in [1.82, 2.24) is 19.9 Å². The van der Waals surface area contributed by atoms with Crippen molar-refractivity contribution in [1.29, 1.82) is 0 Å². The van der Waals surface area contributed by atoms with E-state index in [1.54, 1.807) is 12.4 Å². The Bertz CT molecular complexity index is 1150. The van der Waals surface area contributed by atoms with E-state index < -0.39 is 6.09 Å². The Labute approximate surface area is 199 Å². The third-order valence-electron chi connectivity index (χ3n) is 6.66. The number of ether oxygens (including phenoxy) is 1. The average molecular weight is 463 g/mol. The lowest BCUT2D eigenvalue weighted by molar-refractivity contribution is 0.121. The van der Waals surface area contributed by atoms with Gasteiger partial charge in [-0.2, -0.15) is 0 Å². The third-order valence-corrected chi connectivity index (χ3v) is 6.66. The number of piperidine rings is 1. The largest absolute Gasteiger partial charge is 0.465 e. The van der Waals surface area contributed by atoms with Gasteiger partial charge in [0.1, 0.15) is 5.52 Å². The van der Waals surface area contributed by atoms with Gasteiger partial charge < -0.3 is 24.5 Å². The molecule has 0 bridgehead atoms. The van der Waals surface area contributed by atoms with Gasteiger partial charge in [0.2, 0.25) is 0 Å². The quantitative estimate of drug-likeness (QED) is 0.617. The van der Waals surface area contributed by atoms with E-state index in [-0.39, 0.29) is 5.92 Å². The van der Waals surface area contributed by atoms with Crippen molar-refractivity contribution in [3.8, 4) is 11.3 Å². The predicted octanol–water partition coefficient (Wildman–Crippen LogP) is 3.35. The second-order valence-electron chi connectivity index (χ2n) is 9.02. The van der Waals surface area contributed by atoms with E-state index in [9.17, 15) is 9.90 Å². The number of carbonyl (C=O) groups is 1. The normalized spacial score (nSPS) is 18.8. The van der Waals surface area contributed by atoms with Gasteiger partial charge in [-0.3, -0.25) is 4.98 Å². The van der Waals surface area contributed by atoms with Crippen LogP contribution in [-0.2, 0) is 4.74 Å². The summed E-state index contributed by atoms with van der Waals surface area (Å²) < 4.78 is 5.46. The number of rotatable bonds is 5. The minimum absolute atomic E-state index is 0.250. The smallest absolute Gasteiger partial charge is 0.407 e. The Kier molecular flexibility index (Phi) is 6.44. The molecule has 1 aromatic carbocycles. The zero-order chi connectivity index (χ0) is 23.5. The monoisotopic (exact) mass is 462 g/mol. The molecule has 1 atom stereocenters. The SMILES string of the molecule is CN(CC1CCCN(C(=O)O)C1)c1nc(-c2ccc(N3CCOCC3)cc2)cc2nccnc12. The topological polar surface area (TPSA) is 94.9 Å². The van der Waals surface area contributed by atoms with Crippen molar-refractivity contribution in [2.24, 2.45) is 5.92 Å². The highest BCUT2D eigenvalue weighted by Gasteiger charge is 2.25. The van der Waals surface area contributed by atoms with Gasteiger partial charge in [0, 0.05) is 63.4 Å². The molecule has 5 rings (SSSR count). The highest BCUT2D eigenvalue weighted by Crippen LogP contribution is 2.30. The Morgan fingerprint density at radius 2 is 1.91 bits per heavy atom. The van der Waals surface area contributed by atoms with E-state index in [0.717, 1.165) is 67.3 Å². The summed E-state index contributed by atoms with van der Waals surface area (Å²) in [6.45, 7) is 5.18. The molecule has 0 saturated carbocycles. The van der Waals surface area contributed by atoms with Crippen molar-refractivity contribution in [3.05, 3.63) is 42.7 Å². The van der Waals surface area contributed by atoms with Crippen LogP contribution in [0.1, 0.15) is 12.8 Å². The number of aromatic nitrogens is 3. The number of benzene rings is 1. The highest BCUT2D eigenvalue weighted by molar-refractivity contribution is 5.89. The Hall–Kier alpha value is -3.46. The summed E-state index contributed by atoms with van der Waals surface area (Å²) in [5.74, 6) is 1.02. The van der Waals surface area contributed by atoms with Crippen LogP contribution in [0.5, 0.6) is 0 Å². The molecule has 2 aliphatic rings. The molecule has 0 radical (unpaired) electrons. The van der Waals surface area contributed by atoms with Crippen LogP contribution < -0.4 is 9.80 Å². The Balaban J connectivity index is 1.41. The number of hydrogen-bond donors (Lipinski definition) is 1. The number of anilines is 2. The number of pyridine rings is 1. The second-order valence-corrected chi connectivity index (χ2v) is 9.02. The van der Waals surface area contributed by atoms with Gasteiger partial charge in [-0.1, -0.05) is 12.1 Å². The van der Waals surface area contributed by atoms with E-state index in [0.29, 0.717) is 19.6 Å². The molecule has 2 aromatic heterocycles. The average Bonchev–Trinajstić information content (AvgIpc) is 2.88. The fourth-order valence-corrected chi connectivity index (χ4v) is 4.90. The van der Waals surface area contributed by atoms with Crippen molar-refractivity contribution < 1.29 is 14.6 Å². The number of amides is 1. The molecule has 0 aliphatic carbocycles. The molecule has 2 saturated heterocycles. The van der Waals surface area contributed by atoms with Crippen molar-refractivity contribution >= 4 is 28.6 Å². The molecule has 34 heavy (non-hydrogen) atoms. The Morgan fingerprint density at radius 3 is 2.68 bits per heavy atom. The van der Waals surface area contributed by atoms with E-state index in [2.05, 4.69) is 44.0 Å². The minimum atomic E-state index is -0.843. The summed E-state index contributed by atoms with van der Waals surface area (Å²) in [6.07, 6.45) is 4.42. The van der Waals surface area contributed by atoms with Crippen LogP contribution in [0.3, 0.4) is 0 Å². The maximum absolute atomic E-state index is 11.4. The molecule has 1 unspecified atom stereocenters. The summed E-state index contributed by atoms with van der Waals surface area (Å²) in [4.78, 5) is 31.5. The van der Waals surface area contributed by atoms with Crippen molar-refractivity contribution in [3.63, 3.8) is 0 Å². The first kappa shape index (κ1) is 22.3. The fourth-order valence-electron chi connectivity index (χ4n) is 4.90. The highest BCUT2D eigenvalue weighted by atomic mass is 16.5. The number of nitrogens with zero attached hydrogens (tertiary/aromatic N) is 6. The maximum Gasteiger partial charge on any atom is 0.407 e. The molecule has 178 valence electrons. The molecule has 2 aliphatic heterocycles. The lowest BCUT2D eigenvalue weighted by Gasteiger charge is -2.33. The van der Waals surface area contributed by atoms with Gasteiger partial charge in [-0.25, -0.2) is 14.8 Å². The zero-order valence-corrected chi connectivity index (χ0v) is 19.4. The fraction of sp³-hybridized carbons (Fsp3) is 0.440. The van der Waals surface area contributed by atoms with Gasteiger partial charge in [0.05, 0.1) is 24.4 Å². The Morgan fingerprint density at radius 1 is 1.15 bits per heavy atom. The molecular weight excluding hydrogens is 432 g/mol. The summed E-state index contributed by atoms with van der Waals surface area (Å²) in [7, 11) is 2.00. The van der Waals surface area contributed by atoms with E-state index >= 15 is 0 Å². The number of likely N-dealkylation sites (tertiary alicyclic amines) is 1. The van der Waals surface area contributed by atoms with E-state index in [1.165, 1.54) is 10.6 Å². The third kappa shape index (κ3) is 4.75. The number of hydrogen-bond acceptors (Lipinski definition) is 7. The van der Waals surface area contributed by atoms with Crippen LogP contribution in [0.15, 0.2) is 42.7 Å². The second kappa shape index (κ2) is 9.80. The van der Waals surface area contributed by atoms with Crippen molar-refractivity contribution in [2.45, 2.75) is 12.8 Å². The first-order valence-corrected chi connectivity index (χ1v) is 11.8. The van der Waals surface area contributed by atoms with Gasteiger partial charge in [0.15, 0.2) is 5.82 Å². The van der Waals surface area contributed by atoms with Crippen LogP contribution in [0.2, 0.25) is 0 Å². The van der Waals surface area contributed by atoms with E-state index in [1.807, 2.05) is 13.1 Å². The lowest BCUT2D eigenvalue weighted by Crippen LogP contribution is -2.42. The van der Waals surface area contributed by atoms with Crippen LogP contribution in [0.4, 0.5) is 16.3 Å². The molecule has 3 aromatic rings. The number of morpholine rings is 1. The summed E-state index contributed by atoms with van der Waals surface area (Å²) in [6, 6.07) is 10.5. The van der Waals surface area contributed by atoms with Crippen LogP contribution in [0.25, 0.3) is 22.3 Å². The number of carboxylic acid groups (broad SMARTS) is 1. The molecule has 9 heteroatoms. The number of fused-ring (bicyclic) bond motifs is 1. The van der Waals surface area contributed by atoms with Gasteiger partial charge >= 0.3 is 6.09 Å². The molecule has 1 amide bonds. The predicted molar refractivity (Wildman–Crippen MR) is 131 cm³/mol. The first-order valence-electron chi connectivity index (χ1n) is 11.8. The summed E-state index contributed by atoms with van der Waals surface area (Å²) in [5.41, 5.74) is 4.60.